The quantitative estimate of drug-likeness (QED) is 0.668. The zero-order valence-corrected chi connectivity index (χ0v) is 14.9. The van der Waals surface area contributed by atoms with Crippen LogP contribution < -0.4 is 20.8 Å². The number of carbonyl (C=O) groups excluding carboxylic acids is 1. The summed E-state index contributed by atoms with van der Waals surface area (Å²) in [7, 11) is 0. The highest BCUT2D eigenvalue weighted by atomic mass is 16.5. The van der Waals surface area contributed by atoms with Crippen molar-refractivity contribution in [2.45, 2.75) is 13.3 Å². The standard InChI is InChI=1S/C21H20N2O4/c1-2-12-26-15-6-8-16(9-7-15)27-20-17(4-3-5-18(20)21(22)25)14-10-11-23-19(24)13-14/h3-11,13H,2,12H2,1H3,(H2,22,25)(H,23,24). The second-order valence-corrected chi connectivity index (χ2v) is 5.91. The van der Waals surface area contributed by atoms with E-state index in [2.05, 4.69) is 4.98 Å². The third kappa shape index (κ3) is 4.36. The number of para-hydroxylation sites is 1. The number of rotatable bonds is 7. The number of hydrogen-bond donors (Lipinski definition) is 2. The molecule has 3 N–H and O–H groups in total. The number of hydrogen-bond acceptors (Lipinski definition) is 4. The maximum atomic E-state index is 11.9. The van der Waals surface area contributed by atoms with Gasteiger partial charge in [-0.3, -0.25) is 9.59 Å². The zero-order chi connectivity index (χ0) is 19.2. The molecule has 2 aromatic carbocycles. The van der Waals surface area contributed by atoms with E-state index in [0.717, 1.165) is 12.2 Å². The Labute approximate surface area is 156 Å². The minimum absolute atomic E-state index is 0.235. The van der Waals surface area contributed by atoms with Gasteiger partial charge in [0.25, 0.3) is 5.91 Å². The summed E-state index contributed by atoms with van der Waals surface area (Å²) >= 11 is 0. The molecule has 0 saturated heterocycles. The Kier molecular flexibility index (Phi) is 5.56. The number of pyridine rings is 1. The molecule has 27 heavy (non-hydrogen) atoms. The second-order valence-electron chi connectivity index (χ2n) is 5.91. The van der Waals surface area contributed by atoms with E-state index in [1.165, 1.54) is 12.3 Å². The topological polar surface area (TPSA) is 94.4 Å². The molecule has 0 unspecified atom stereocenters. The Morgan fingerprint density at radius 3 is 2.48 bits per heavy atom. The van der Waals surface area contributed by atoms with Crippen molar-refractivity contribution in [3.63, 3.8) is 0 Å². The molecule has 3 rings (SSSR count). The second kappa shape index (κ2) is 8.23. The average Bonchev–Trinajstić information content (AvgIpc) is 2.67. The molecular weight excluding hydrogens is 344 g/mol. The summed E-state index contributed by atoms with van der Waals surface area (Å²) in [6.45, 7) is 2.67. The van der Waals surface area contributed by atoms with Crippen molar-refractivity contribution in [1.29, 1.82) is 0 Å². The lowest BCUT2D eigenvalue weighted by Gasteiger charge is -2.15. The lowest BCUT2D eigenvalue weighted by molar-refractivity contribution is 0.0998. The third-order valence-corrected chi connectivity index (χ3v) is 3.88. The highest BCUT2D eigenvalue weighted by Gasteiger charge is 2.16. The van der Waals surface area contributed by atoms with Crippen LogP contribution in [0.15, 0.2) is 65.6 Å². The van der Waals surface area contributed by atoms with Crippen molar-refractivity contribution in [1.82, 2.24) is 4.98 Å². The molecule has 0 radical (unpaired) electrons. The number of carbonyl (C=O) groups is 1. The molecule has 3 aromatic rings. The molecule has 0 aliphatic heterocycles. The van der Waals surface area contributed by atoms with Crippen LogP contribution in [0.5, 0.6) is 17.2 Å². The van der Waals surface area contributed by atoms with Crippen LogP contribution in [0.2, 0.25) is 0 Å². The van der Waals surface area contributed by atoms with Crippen molar-refractivity contribution >= 4 is 5.91 Å². The molecule has 0 aliphatic carbocycles. The third-order valence-electron chi connectivity index (χ3n) is 3.88. The first-order valence-electron chi connectivity index (χ1n) is 8.61. The van der Waals surface area contributed by atoms with Gasteiger partial charge in [0.15, 0.2) is 0 Å². The molecule has 1 aromatic heterocycles. The highest BCUT2D eigenvalue weighted by Crippen LogP contribution is 2.36. The summed E-state index contributed by atoms with van der Waals surface area (Å²) in [5.41, 5.74) is 6.73. The first-order valence-corrected chi connectivity index (χ1v) is 8.61. The Bertz CT molecular complexity index is 994. The molecule has 1 amide bonds. The van der Waals surface area contributed by atoms with Crippen molar-refractivity contribution in [2.24, 2.45) is 5.73 Å². The van der Waals surface area contributed by atoms with Gasteiger partial charge in [0.1, 0.15) is 17.2 Å². The number of ether oxygens (including phenoxy) is 2. The molecule has 0 aliphatic rings. The normalized spacial score (nSPS) is 10.4. The van der Waals surface area contributed by atoms with Gasteiger partial charge in [0.2, 0.25) is 5.56 Å². The van der Waals surface area contributed by atoms with E-state index in [-0.39, 0.29) is 11.1 Å². The number of aromatic amines is 1. The summed E-state index contributed by atoms with van der Waals surface area (Å²) in [5.74, 6) is 0.957. The van der Waals surface area contributed by atoms with Crippen molar-refractivity contribution in [3.8, 4) is 28.4 Å². The maximum absolute atomic E-state index is 11.9. The minimum atomic E-state index is -0.611. The van der Waals surface area contributed by atoms with E-state index in [1.807, 2.05) is 6.92 Å². The number of benzene rings is 2. The van der Waals surface area contributed by atoms with E-state index in [0.29, 0.717) is 29.2 Å². The Morgan fingerprint density at radius 1 is 1.07 bits per heavy atom. The monoisotopic (exact) mass is 364 g/mol. The van der Waals surface area contributed by atoms with Gasteiger partial charge in [-0.15, -0.1) is 0 Å². The van der Waals surface area contributed by atoms with Gasteiger partial charge in [-0.1, -0.05) is 19.1 Å². The number of primary amides is 1. The van der Waals surface area contributed by atoms with Gasteiger partial charge in [0, 0.05) is 17.8 Å². The van der Waals surface area contributed by atoms with E-state index in [1.54, 1.807) is 48.5 Å². The molecule has 0 spiro atoms. The van der Waals surface area contributed by atoms with E-state index < -0.39 is 5.91 Å². The van der Waals surface area contributed by atoms with Gasteiger partial charge in [-0.05, 0) is 48.4 Å². The van der Waals surface area contributed by atoms with Crippen molar-refractivity contribution in [3.05, 3.63) is 76.7 Å². The fourth-order valence-corrected chi connectivity index (χ4v) is 2.62. The predicted molar refractivity (Wildman–Crippen MR) is 103 cm³/mol. The van der Waals surface area contributed by atoms with Crippen LogP contribution in [0.1, 0.15) is 23.7 Å². The first-order chi connectivity index (χ1) is 13.1. The summed E-state index contributed by atoms with van der Waals surface area (Å²) in [5, 5.41) is 0. The SMILES string of the molecule is CCCOc1ccc(Oc2c(C(N)=O)cccc2-c2cc[nH]c(=O)c2)cc1. The molecule has 138 valence electrons. The Hall–Kier alpha value is -3.54. The lowest BCUT2D eigenvalue weighted by atomic mass is 10.0. The Balaban J connectivity index is 2.00. The largest absolute Gasteiger partial charge is 0.494 e. The highest BCUT2D eigenvalue weighted by molar-refractivity contribution is 5.98. The summed E-state index contributed by atoms with van der Waals surface area (Å²) in [6.07, 6.45) is 2.46. The molecule has 0 bridgehead atoms. The predicted octanol–water partition coefficient (Wildman–Crippen LogP) is 3.72. The van der Waals surface area contributed by atoms with Crippen LogP contribution >= 0.6 is 0 Å². The fourth-order valence-electron chi connectivity index (χ4n) is 2.62. The molecular formula is C21H20N2O4. The minimum Gasteiger partial charge on any atom is -0.494 e. The molecule has 6 nitrogen and oxygen atoms in total. The van der Waals surface area contributed by atoms with Crippen LogP contribution in [-0.2, 0) is 0 Å². The van der Waals surface area contributed by atoms with Crippen molar-refractivity contribution < 1.29 is 14.3 Å². The molecule has 6 heteroatoms. The molecule has 1 heterocycles. The van der Waals surface area contributed by atoms with Crippen molar-refractivity contribution in [2.75, 3.05) is 6.61 Å². The molecule has 0 atom stereocenters. The van der Waals surface area contributed by atoms with Crippen LogP contribution in [-0.4, -0.2) is 17.5 Å². The summed E-state index contributed by atoms with van der Waals surface area (Å²) in [6, 6.07) is 15.3. The smallest absolute Gasteiger partial charge is 0.252 e. The molecule has 0 saturated carbocycles. The van der Waals surface area contributed by atoms with Crippen LogP contribution in [0, 0.1) is 0 Å². The molecule has 0 fully saturated rings. The van der Waals surface area contributed by atoms with E-state index in [4.69, 9.17) is 15.2 Å². The number of nitrogens with one attached hydrogen (secondary N) is 1. The summed E-state index contributed by atoms with van der Waals surface area (Å²) in [4.78, 5) is 26.1. The number of aromatic nitrogens is 1. The van der Waals surface area contributed by atoms with Gasteiger partial charge in [0.05, 0.1) is 12.2 Å². The number of nitrogens with two attached hydrogens (primary N) is 1. The average molecular weight is 364 g/mol. The van der Waals surface area contributed by atoms with Gasteiger partial charge in [-0.25, -0.2) is 0 Å². The number of amides is 1. The van der Waals surface area contributed by atoms with Crippen LogP contribution in [0.4, 0.5) is 0 Å². The van der Waals surface area contributed by atoms with Gasteiger partial charge in [-0.2, -0.15) is 0 Å². The van der Waals surface area contributed by atoms with E-state index in [9.17, 15) is 9.59 Å². The zero-order valence-electron chi connectivity index (χ0n) is 14.9. The van der Waals surface area contributed by atoms with Gasteiger partial charge < -0.3 is 20.2 Å². The van der Waals surface area contributed by atoms with E-state index >= 15 is 0 Å². The van der Waals surface area contributed by atoms with Gasteiger partial charge >= 0.3 is 0 Å². The summed E-state index contributed by atoms with van der Waals surface area (Å²) < 4.78 is 11.5. The lowest BCUT2D eigenvalue weighted by Crippen LogP contribution is -2.13. The van der Waals surface area contributed by atoms with Crippen LogP contribution in [0.3, 0.4) is 0 Å². The fraction of sp³-hybridized carbons (Fsp3) is 0.143. The Morgan fingerprint density at radius 2 is 1.81 bits per heavy atom. The van der Waals surface area contributed by atoms with Crippen LogP contribution in [0.25, 0.3) is 11.1 Å². The maximum Gasteiger partial charge on any atom is 0.252 e. The number of H-pyrrole nitrogens is 1. The first kappa shape index (κ1) is 18.3.